The lowest BCUT2D eigenvalue weighted by Gasteiger charge is -2.37. The molecule has 0 bridgehead atoms. The average molecular weight is 326 g/mol. The summed E-state index contributed by atoms with van der Waals surface area (Å²) in [6.45, 7) is 0. The summed E-state index contributed by atoms with van der Waals surface area (Å²) >= 11 is 5.05. The van der Waals surface area contributed by atoms with Gasteiger partial charge in [0.15, 0.2) is 0 Å². The van der Waals surface area contributed by atoms with Gasteiger partial charge in [-0.05, 0) is 12.8 Å². The maximum Gasteiger partial charge on any atom is 0.416 e. The van der Waals surface area contributed by atoms with E-state index in [0.717, 1.165) is 0 Å². The van der Waals surface area contributed by atoms with E-state index in [-0.39, 0.29) is 12.8 Å². The molecule has 0 radical (unpaired) electrons. The molecule has 1 aliphatic carbocycles. The summed E-state index contributed by atoms with van der Waals surface area (Å²) in [6, 6.07) is 0. The lowest BCUT2D eigenvalue weighted by Crippen LogP contribution is -2.53. The summed E-state index contributed by atoms with van der Waals surface area (Å²) in [7, 11) is 0. The van der Waals surface area contributed by atoms with Crippen LogP contribution in [0.2, 0.25) is 0 Å². The second-order valence-electron chi connectivity index (χ2n) is 3.31. The van der Waals surface area contributed by atoms with Crippen LogP contribution in [0.4, 0.5) is 13.2 Å². The fourth-order valence-electron chi connectivity index (χ4n) is 1.54. The van der Waals surface area contributed by atoms with Gasteiger partial charge in [0.1, 0.15) is 0 Å². The van der Waals surface area contributed by atoms with Crippen molar-refractivity contribution in [3.8, 4) is 0 Å². The van der Waals surface area contributed by atoms with Crippen molar-refractivity contribution in [3.05, 3.63) is 0 Å². The third kappa shape index (κ3) is 1.90. The van der Waals surface area contributed by atoms with Crippen LogP contribution < -0.4 is 0 Å². The molecular weight excluding hydrogens is 317 g/mol. The van der Waals surface area contributed by atoms with Crippen molar-refractivity contribution < 1.29 is 18.3 Å². The molecule has 1 N–H and O–H groups in total. The van der Waals surface area contributed by atoms with Gasteiger partial charge in [0.05, 0.1) is 5.60 Å². The van der Waals surface area contributed by atoms with Gasteiger partial charge in [-0.15, -0.1) is 0 Å². The second-order valence-corrected chi connectivity index (χ2v) is 6.75. The molecule has 6 heteroatoms. The molecule has 0 spiro atoms. The molecule has 0 heterocycles. The lowest BCUT2D eigenvalue weighted by molar-refractivity contribution is -0.173. The molecule has 0 aromatic rings. The first-order chi connectivity index (χ1) is 5.71. The standard InChI is InChI=1S/C7H9Br2F3O/c8-6(9,7(10,11)12)5(13)3-1-2-4-5/h13H,1-4H2. The molecular formula is C7H9Br2F3O. The Balaban J connectivity index is 2.91. The summed E-state index contributed by atoms with van der Waals surface area (Å²) in [5, 5.41) is 9.74. The van der Waals surface area contributed by atoms with Gasteiger partial charge in [-0.25, -0.2) is 0 Å². The molecule has 1 fully saturated rings. The molecule has 1 nitrogen and oxygen atoms in total. The first kappa shape index (κ1) is 11.8. The highest BCUT2D eigenvalue weighted by molar-refractivity contribution is 9.25. The third-order valence-corrected chi connectivity index (χ3v) is 4.75. The van der Waals surface area contributed by atoms with E-state index in [1.807, 2.05) is 0 Å². The zero-order chi connectivity index (χ0) is 10.3. The molecule has 1 rings (SSSR count). The molecule has 0 aromatic heterocycles. The Morgan fingerprint density at radius 1 is 1.08 bits per heavy atom. The second kappa shape index (κ2) is 3.38. The first-order valence-corrected chi connectivity index (χ1v) is 5.46. The number of halogens is 5. The fourth-order valence-corrected chi connectivity index (χ4v) is 2.33. The molecule has 0 saturated heterocycles. The summed E-state index contributed by atoms with van der Waals surface area (Å²) in [6.07, 6.45) is -2.89. The van der Waals surface area contributed by atoms with E-state index in [1.54, 1.807) is 0 Å². The highest BCUT2D eigenvalue weighted by Gasteiger charge is 2.64. The van der Waals surface area contributed by atoms with Crippen LogP contribution in [-0.2, 0) is 0 Å². The number of aliphatic hydroxyl groups is 1. The molecule has 0 amide bonds. The number of rotatable bonds is 1. The quantitative estimate of drug-likeness (QED) is 0.733. The molecule has 1 aliphatic rings. The Morgan fingerprint density at radius 2 is 1.46 bits per heavy atom. The number of hydrogen-bond acceptors (Lipinski definition) is 1. The van der Waals surface area contributed by atoms with Crippen molar-refractivity contribution in [2.24, 2.45) is 0 Å². The Hall–Kier alpha value is 0.710. The number of hydrogen-bond donors (Lipinski definition) is 1. The molecule has 0 aliphatic heterocycles. The maximum absolute atomic E-state index is 12.5. The monoisotopic (exact) mass is 324 g/mol. The minimum Gasteiger partial charge on any atom is -0.387 e. The fraction of sp³-hybridized carbons (Fsp3) is 1.00. The first-order valence-electron chi connectivity index (χ1n) is 3.88. The van der Waals surface area contributed by atoms with Crippen molar-refractivity contribution >= 4 is 31.9 Å². The van der Waals surface area contributed by atoms with E-state index >= 15 is 0 Å². The zero-order valence-corrected chi connectivity index (χ0v) is 9.84. The van der Waals surface area contributed by atoms with Gasteiger partial charge in [-0.2, -0.15) is 13.2 Å². The van der Waals surface area contributed by atoms with E-state index in [4.69, 9.17) is 0 Å². The van der Waals surface area contributed by atoms with Gasteiger partial charge in [-0.3, -0.25) is 0 Å². The molecule has 13 heavy (non-hydrogen) atoms. The summed E-state index contributed by atoms with van der Waals surface area (Å²) < 4.78 is 35.1. The predicted octanol–water partition coefficient (Wildman–Crippen LogP) is 3.34. The molecule has 78 valence electrons. The zero-order valence-electron chi connectivity index (χ0n) is 6.67. The van der Waals surface area contributed by atoms with E-state index < -0.39 is 15.0 Å². The molecule has 0 aromatic carbocycles. The average Bonchev–Trinajstić information content (AvgIpc) is 2.35. The number of alkyl halides is 5. The van der Waals surface area contributed by atoms with Gasteiger partial charge in [-0.1, -0.05) is 44.7 Å². The van der Waals surface area contributed by atoms with Gasteiger partial charge in [0, 0.05) is 0 Å². The summed E-state index contributed by atoms with van der Waals surface area (Å²) in [4.78, 5) is 0. The van der Waals surface area contributed by atoms with Crippen molar-refractivity contribution in [2.75, 3.05) is 0 Å². The van der Waals surface area contributed by atoms with Crippen LogP contribution >= 0.6 is 31.9 Å². The molecule has 1 saturated carbocycles. The third-order valence-electron chi connectivity index (χ3n) is 2.37. The smallest absolute Gasteiger partial charge is 0.387 e. The van der Waals surface area contributed by atoms with Gasteiger partial charge >= 0.3 is 6.18 Å². The minimum atomic E-state index is -4.49. The van der Waals surface area contributed by atoms with Crippen molar-refractivity contribution in [1.82, 2.24) is 0 Å². The van der Waals surface area contributed by atoms with Crippen molar-refractivity contribution in [2.45, 2.75) is 40.7 Å². The SMILES string of the molecule is OC1(C(Br)(Br)C(F)(F)F)CCCC1. The van der Waals surface area contributed by atoms with Crippen molar-refractivity contribution in [1.29, 1.82) is 0 Å². The molecule has 0 atom stereocenters. The largest absolute Gasteiger partial charge is 0.416 e. The van der Waals surface area contributed by atoms with E-state index in [2.05, 4.69) is 31.9 Å². The summed E-state index contributed by atoms with van der Waals surface area (Å²) in [5.41, 5.74) is -1.72. The van der Waals surface area contributed by atoms with Crippen LogP contribution in [0.1, 0.15) is 25.7 Å². The van der Waals surface area contributed by atoms with Gasteiger partial charge in [0.2, 0.25) is 3.23 Å². The Labute approximate surface area is 90.9 Å². The van der Waals surface area contributed by atoms with Gasteiger partial charge < -0.3 is 5.11 Å². The molecule has 0 unspecified atom stereocenters. The van der Waals surface area contributed by atoms with Crippen LogP contribution in [-0.4, -0.2) is 20.1 Å². The van der Waals surface area contributed by atoms with Crippen LogP contribution in [0, 0.1) is 0 Å². The minimum absolute atomic E-state index is 0.170. The lowest BCUT2D eigenvalue weighted by atomic mass is 9.97. The summed E-state index contributed by atoms with van der Waals surface area (Å²) in [5.74, 6) is 0. The highest BCUT2D eigenvalue weighted by Crippen LogP contribution is 2.55. The normalized spacial score (nSPS) is 23.5. The van der Waals surface area contributed by atoms with Crippen LogP contribution in [0.15, 0.2) is 0 Å². The maximum atomic E-state index is 12.5. The topological polar surface area (TPSA) is 20.2 Å². The Morgan fingerprint density at radius 3 is 1.77 bits per heavy atom. The van der Waals surface area contributed by atoms with E-state index in [1.165, 1.54) is 0 Å². The Kier molecular flexibility index (Phi) is 3.06. The van der Waals surface area contributed by atoms with E-state index in [9.17, 15) is 18.3 Å². The van der Waals surface area contributed by atoms with Crippen molar-refractivity contribution in [3.63, 3.8) is 0 Å². The highest BCUT2D eigenvalue weighted by atomic mass is 79.9. The van der Waals surface area contributed by atoms with Crippen LogP contribution in [0.5, 0.6) is 0 Å². The van der Waals surface area contributed by atoms with E-state index in [0.29, 0.717) is 12.8 Å². The van der Waals surface area contributed by atoms with Gasteiger partial charge in [0.25, 0.3) is 0 Å². The van der Waals surface area contributed by atoms with Crippen LogP contribution in [0.25, 0.3) is 0 Å². The predicted molar refractivity (Wildman–Crippen MR) is 50.1 cm³/mol. The Bertz CT molecular complexity index is 196. The van der Waals surface area contributed by atoms with Crippen LogP contribution in [0.3, 0.4) is 0 Å².